The summed E-state index contributed by atoms with van der Waals surface area (Å²) in [6, 6.07) is 11.4. The zero-order valence-electron chi connectivity index (χ0n) is 21.3. The van der Waals surface area contributed by atoms with Crippen molar-refractivity contribution in [3.05, 3.63) is 64.3 Å². The van der Waals surface area contributed by atoms with Gasteiger partial charge in [-0.25, -0.2) is 4.79 Å². The number of rotatable bonds is 6. The smallest absolute Gasteiger partial charge is 0.315 e. The Kier molecular flexibility index (Phi) is 8.78. The second-order valence-corrected chi connectivity index (χ2v) is 11.9. The van der Waals surface area contributed by atoms with Gasteiger partial charge in [-0.2, -0.15) is 0 Å². The van der Waals surface area contributed by atoms with Crippen LogP contribution in [0.1, 0.15) is 49.7 Å². The number of aromatic nitrogens is 1. The zero-order valence-corrected chi connectivity index (χ0v) is 23.6. The number of alkyl halides is 1. The number of amides is 3. The number of benzene rings is 1. The highest BCUT2D eigenvalue weighted by atomic mass is 35.5. The van der Waals surface area contributed by atoms with Crippen LogP contribution >= 0.6 is 34.5 Å². The predicted octanol–water partition coefficient (Wildman–Crippen LogP) is 6.57. The van der Waals surface area contributed by atoms with Gasteiger partial charge in [0.1, 0.15) is 0 Å². The third kappa shape index (κ3) is 6.83. The van der Waals surface area contributed by atoms with Gasteiger partial charge in [-0.05, 0) is 59.7 Å². The second kappa shape index (κ2) is 11.8. The minimum Gasteiger partial charge on any atom is -0.337 e. The number of carbonyl (C=O) groups is 2. The summed E-state index contributed by atoms with van der Waals surface area (Å²) < 4.78 is 0. The summed E-state index contributed by atoms with van der Waals surface area (Å²) in [6.07, 6.45) is 3.50. The molecule has 0 unspecified atom stereocenters. The number of urea groups is 1. The molecule has 3 heterocycles. The lowest BCUT2D eigenvalue weighted by Gasteiger charge is -2.33. The second-order valence-electron chi connectivity index (χ2n) is 10.3. The molecule has 3 aromatic rings. The lowest BCUT2D eigenvalue weighted by atomic mass is 9.90. The number of carbonyl (C=O) groups excluding carboxylic acids is 2. The summed E-state index contributed by atoms with van der Waals surface area (Å²) in [5, 5.41) is 8.29. The maximum Gasteiger partial charge on any atom is 0.315 e. The molecule has 1 aliphatic rings. The first-order valence-electron chi connectivity index (χ1n) is 12.4. The summed E-state index contributed by atoms with van der Waals surface area (Å²) >= 11 is 13.9. The SMILES string of the molecule is CC(C)(C)c1cc(-c2csc(-c3ccc(C(=O)N4CCC[C@@H](NC(=O)NCCCl)C4)cc3Cl)c2)ccn1. The molecule has 2 N–H and O–H groups in total. The predicted molar refractivity (Wildman–Crippen MR) is 153 cm³/mol. The van der Waals surface area contributed by atoms with Gasteiger partial charge in [0.05, 0.1) is 5.02 Å². The molecule has 0 bridgehead atoms. The van der Waals surface area contributed by atoms with Crippen molar-refractivity contribution < 1.29 is 9.59 Å². The van der Waals surface area contributed by atoms with E-state index in [1.54, 1.807) is 22.3 Å². The fourth-order valence-electron chi connectivity index (χ4n) is 4.36. The molecule has 1 fully saturated rings. The van der Waals surface area contributed by atoms with Crippen LogP contribution in [0.4, 0.5) is 4.79 Å². The van der Waals surface area contributed by atoms with Gasteiger partial charge in [0, 0.05) is 64.9 Å². The molecule has 4 rings (SSSR count). The lowest BCUT2D eigenvalue weighted by molar-refractivity contribution is 0.0697. The Morgan fingerprint density at radius 1 is 1.16 bits per heavy atom. The molecule has 0 saturated carbocycles. The van der Waals surface area contributed by atoms with Crippen molar-refractivity contribution in [1.82, 2.24) is 20.5 Å². The number of pyridine rings is 1. The molecule has 196 valence electrons. The van der Waals surface area contributed by atoms with Crippen LogP contribution in [0.25, 0.3) is 21.6 Å². The molecule has 0 aliphatic carbocycles. The van der Waals surface area contributed by atoms with Gasteiger partial charge in [0.15, 0.2) is 0 Å². The zero-order chi connectivity index (χ0) is 26.6. The topological polar surface area (TPSA) is 74.3 Å². The Balaban J connectivity index is 1.46. The van der Waals surface area contributed by atoms with E-state index >= 15 is 0 Å². The maximum absolute atomic E-state index is 13.2. The van der Waals surface area contributed by atoms with E-state index in [0.717, 1.165) is 40.1 Å². The number of likely N-dealkylation sites (tertiary alicyclic amines) is 1. The van der Waals surface area contributed by atoms with Crippen LogP contribution < -0.4 is 10.6 Å². The summed E-state index contributed by atoms with van der Waals surface area (Å²) in [7, 11) is 0. The molecule has 9 heteroatoms. The number of piperidine rings is 1. The number of thiophene rings is 1. The van der Waals surface area contributed by atoms with Gasteiger partial charge in [-0.3, -0.25) is 9.78 Å². The quantitative estimate of drug-likeness (QED) is 0.336. The molecule has 3 amide bonds. The van der Waals surface area contributed by atoms with E-state index in [2.05, 4.69) is 53.9 Å². The molecule has 37 heavy (non-hydrogen) atoms. The minimum atomic E-state index is -0.260. The standard InChI is InChI=1S/C28H32Cl2N4O2S/c1-28(2,3)25-15-18(8-10-31-25)20-14-24(37-17-20)22-7-6-19(13-23(22)30)26(35)34-12-4-5-21(16-34)33-27(36)32-11-9-29/h6-8,10,13-15,17,21H,4-5,9,11-12,16H2,1-3H3,(H2,32,33,36)/t21-/m1/s1. The first-order chi connectivity index (χ1) is 17.7. The number of nitrogens with one attached hydrogen (secondary N) is 2. The average molecular weight is 560 g/mol. The van der Waals surface area contributed by atoms with E-state index in [1.165, 1.54) is 0 Å². The number of hydrogen-bond acceptors (Lipinski definition) is 4. The minimum absolute atomic E-state index is 0.0262. The summed E-state index contributed by atoms with van der Waals surface area (Å²) in [5.74, 6) is 0.271. The highest BCUT2D eigenvalue weighted by molar-refractivity contribution is 7.14. The first-order valence-corrected chi connectivity index (χ1v) is 14.2. The number of nitrogens with zero attached hydrogens (tertiary/aromatic N) is 2. The first kappa shape index (κ1) is 27.4. The Morgan fingerprint density at radius 2 is 1.97 bits per heavy atom. The third-order valence-corrected chi connectivity index (χ3v) is 7.83. The van der Waals surface area contributed by atoms with Gasteiger partial charge in [-0.1, -0.05) is 38.4 Å². The normalized spacial score (nSPS) is 15.9. The van der Waals surface area contributed by atoms with Crippen molar-refractivity contribution in [2.24, 2.45) is 0 Å². The molecule has 1 saturated heterocycles. The molecule has 6 nitrogen and oxygen atoms in total. The van der Waals surface area contributed by atoms with Crippen LogP contribution in [-0.4, -0.2) is 53.4 Å². The molecule has 1 atom stereocenters. The van der Waals surface area contributed by atoms with E-state index in [-0.39, 0.29) is 23.4 Å². The van der Waals surface area contributed by atoms with Crippen LogP contribution in [0.3, 0.4) is 0 Å². The van der Waals surface area contributed by atoms with E-state index in [0.29, 0.717) is 36.1 Å². The van der Waals surface area contributed by atoms with E-state index in [4.69, 9.17) is 23.2 Å². The summed E-state index contributed by atoms with van der Waals surface area (Å²) in [6.45, 7) is 7.98. The van der Waals surface area contributed by atoms with Crippen LogP contribution in [0.5, 0.6) is 0 Å². The molecule has 0 spiro atoms. The molecule has 1 aliphatic heterocycles. The number of halogens is 2. The van der Waals surface area contributed by atoms with Crippen molar-refractivity contribution in [1.29, 1.82) is 0 Å². The average Bonchev–Trinajstić information content (AvgIpc) is 3.37. The molecular formula is C28H32Cl2N4O2S. The van der Waals surface area contributed by atoms with E-state index in [1.807, 2.05) is 24.4 Å². The number of hydrogen-bond donors (Lipinski definition) is 2. The summed E-state index contributed by atoms with van der Waals surface area (Å²) in [5.41, 5.74) is 4.70. The van der Waals surface area contributed by atoms with Crippen molar-refractivity contribution in [2.45, 2.75) is 45.1 Å². The molecule has 0 radical (unpaired) electrons. The highest BCUT2D eigenvalue weighted by Gasteiger charge is 2.26. The maximum atomic E-state index is 13.2. The van der Waals surface area contributed by atoms with Crippen LogP contribution in [-0.2, 0) is 5.41 Å². The van der Waals surface area contributed by atoms with Crippen LogP contribution in [0.15, 0.2) is 48.0 Å². The van der Waals surface area contributed by atoms with Crippen molar-refractivity contribution in [3.63, 3.8) is 0 Å². The van der Waals surface area contributed by atoms with Crippen molar-refractivity contribution in [2.75, 3.05) is 25.5 Å². The third-order valence-electron chi connectivity index (χ3n) is 6.37. The van der Waals surface area contributed by atoms with Gasteiger partial charge in [0.2, 0.25) is 0 Å². The molecule has 1 aromatic carbocycles. The fourth-order valence-corrected chi connectivity index (χ4v) is 5.75. The van der Waals surface area contributed by atoms with Crippen molar-refractivity contribution in [3.8, 4) is 21.6 Å². The van der Waals surface area contributed by atoms with E-state index in [9.17, 15) is 9.59 Å². The molecule has 2 aromatic heterocycles. The van der Waals surface area contributed by atoms with Gasteiger partial charge in [0.25, 0.3) is 5.91 Å². The Morgan fingerprint density at radius 3 is 2.70 bits per heavy atom. The van der Waals surface area contributed by atoms with E-state index < -0.39 is 0 Å². The Hall–Kier alpha value is -2.61. The van der Waals surface area contributed by atoms with Gasteiger partial charge < -0.3 is 15.5 Å². The molecular weight excluding hydrogens is 527 g/mol. The highest BCUT2D eigenvalue weighted by Crippen LogP contribution is 2.37. The fraction of sp³-hybridized carbons (Fsp3) is 0.393. The van der Waals surface area contributed by atoms with Crippen LogP contribution in [0, 0.1) is 0 Å². The van der Waals surface area contributed by atoms with Gasteiger partial charge in [-0.15, -0.1) is 22.9 Å². The largest absolute Gasteiger partial charge is 0.337 e. The van der Waals surface area contributed by atoms with Gasteiger partial charge >= 0.3 is 6.03 Å². The Labute approximate surface area is 232 Å². The lowest BCUT2D eigenvalue weighted by Crippen LogP contribution is -2.52. The summed E-state index contributed by atoms with van der Waals surface area (Å²) in [4.78, 5) is 32.6. The van der Waals surface area contributed by atoms with Crippen LogP contribution in [0.2, 0.25) is 5.02 Å². The monoisotopic (exact) mass is 558 g/mol. The van der Waals surface area contributed by atoms with Crippen molar-refractivity contribution >= 4 is 46.5 Å². The Bertz CT molecular complexity index is 1270.